The Morgan fingerprint density at radius 1 is 0.410 bits per heavy atom. The third-order valence-corrected chi connectivity index (χ3v) is 12.6. The van der Waals surface area contributed by atoms with E-state index in [0.29, 0.717) is 19.8 Å². The predicted molar refractivity (Wildman–Crippen MR) is 252 cm³/mol. The Hall–Kier alpha value is -3.06. The van der Waals surface area contributed by atoms with Crippen molar-refractivity contribution in [1.82, 2.24) is 0 Å². The zero-order valence-electron chi connectivity index (χ0n) is 41.8. The molecule has 61 heavy (non-hydrogen) atoms. The number of ether oxygens (including phenoxy) is 6. The Balaban J connectivity index is 1.60. The first-order valence-corrected chi connectivity index (χ1v) is 23.2. The molecule has 3 aliphatic heterocycles. The first kappa shape index (κ1) is 47.4. The molecule has 3 fully saturated rings. The lowest BCUT2D eigenvalue weighted by Gasteiger charge is -2.35. The summed E-state index contributed by atoms with van der Waals surface area (Å²) in [5.41, 5.74) is 10.6. The van der Waals surface area contributed by atoms with E-state index in [4.69, 9.17) is 28.4 Å². The van der Waals surface area contributed by atoms with E-state index in [9.17, 15) is 0 Å². The molecule has 3 aromatic rings. The van der Waals surface area contributed by atoms with Crippen molar-refractivity contribution in [3.63, 3.8) is 0 Å². The highest BCUT2D eigenvalue weighted by atomic mass is 16.6. The molecule has 4 unspecified atom stereocenters. The van der Waals surface area contributed by atoms with Gasteiger partial charge in [-0.2, -0.15) is 0 Å². The summed E-state index contributed by atoms with van der Waals surface area (Å²) in [5, 5.41) is 0. The first-order valence-electron chi connectivity index (χ1n) is 23.2. The van der Waals surface area contributed by atoms with Crippen molar-refractivity contribution in [2.24, 2.45) is 0 Å². The second-order valence-electron chi connectivity index (χ2n) is 24.8. The largest absolute Gasteiger partial charge is 0.490 e. The van der Waals surface area contributed by atoms with Gasteiger partial charge in [0.05, 0.1) is 19.8 Å². The molecule has 3 aliphatic rings. The zero-order valence-corrected chi connectivity index (χ0v) is 41.8. The molecule has 6 heteroatoms. The minimum absolute atomic E-state index is 0.0696. The van der Waals surface area contributed by atoms with Gasteiger partial charge in [-0.1, -0.05) is 168 Å². The summed E-state index contributed by atoms with van der Waals surface area (Å²) in [5.74, 6) is 3.34. The molecule has 6 nitrogen and oxygen atoms in total. The van der Waals surface area contributed by atoms with Crippen LogP contribution in [0.4, 0.5) is 0 Å². The van der Waals surface area contributed by atoms with Crippen molar-refractivity contribution in [2.45, 2.75) is 201 Å². The maximum Gasteiger partial charge on any atom is 0.126 e. The van der Waals surface area contributed by atoms with Gasteiger partial charge in [0, 0.05) is 39.3 Å². The highest BCUT2D eigenvalue weighted by molar-refractivity contribution is 5.57. The number of rotatable bonds is 14. The Kier molecular flexibility index (Phi) is 13.1. The highest BCUT2D eigenvalue weighted by Gasteiger charge is 2.37. The van der Waals surface area contributed by atoms with Crippen LogP contribution in [0.1, 0.15) is 200 Å². The zero-order chi connectivity index (χ0) is 45.2. The van der Waals surface area contributed by atoms with Crippen LogP contribution in [0.25, 0.3) is 0 Å². The number of benzene rings is 3. The maximum atomic E-state index is 6.80. The molecule has 338 valence electrons. The van der Waals surface area contributed by atoms with Crippen molar-refractivity contribution in [2.75, 3.05) is 39.6 Å². The van der Waals surface area contributed by atoms with Gasteiger partial charge in [0.1, 0.15) is 55.4 Å². The van der Waals surface area contributed by atoms with Crippen molar-refractivity contribution in [3.05, 3.63) is 86.5 Å². The van der Waals surface area contributed by atoms with Crippen LogP contribution in [-0.2, 0) is 46.7 Å². The molecule has 0 radical (unpaired) electrons. The van der Waals surface area contributed by atoms with Crippen LogP contribution in [0.15, 0.2) is 36.4 Å². The van der Waals surface area contributed by atoms with Crippen molar-refractivity contribution >= 4 is 0 Å². The van der Waals surface area contributed by atoms with Gasteiger partial charge in [-0.15, -0.1) is 0 Å². The summed E-state index contributed by atoms with van der Waals surface area (Å²) in [7, 11) is 0. The maximum absolute atomic E-state index is 6.80. The molecule has 3 aromatic carbocycles. The minimum Gasteiger partial charge on any atom is -0.490 e. The van der Waals surface area contributed by atoms with E-state index in [1.165, 1.54) is 50.1 Å². The van der Waals surface area contributed by atoms with Crippen molar-refractivity contribution < 1.29 is 28.4 Å². The normalized spacial score (nSPS) is 20.6. The molecule has 0 amide bonds. The van der Waals surface area contributed by atoms with Crippen molar-refractivity contribution in [3.8, 4) is 17.2 Å². The average Bonchev–Trinajstić information content (AvgIpc) is 3.95. The lowest BCUT2D eigenvalue weighted by Crippen LogP contribution is -2.24. The van der Waals surface area contributed by atoms with Crippen molar-refractivity contribution in [1.29, 1.82) is 0 Å². The molecule has 6 rings (SSSR count). The van der Waals surface area contributed by atoms with Crippen LogP contribution < -0.4 is 14.2 Å². The first-order chi connectivity index (χ1) is 27.9. The standard InChI is InChI=1S/C55H82O6/c1-33(34-21-41(50(2,3)4)47(59-30-37-27-56-37)42(22-34)51(5,6)7)20-40(35-23-43(52(8,9)10)48(60-31-38-28-57-38)44(24-35)53(11,12)13)36-25-45(54(14,15)16)49(61-32-39-29-58-39)46(26-36)55(17,18)19/h21-26,33,37-40H,20,27-32H2,1-19H3. The number of hydrogen-bond acceptors (Lipinski definition) is 6. The predicted octanol–water partition coefficient (Wildman–Crippen LogP) is 13.1. The van der Waals surface area contributed by atoms with Gasteiger partial charge in [0.2, 0.25) is 0 Å². The van der Waals surface area contributed by atoms with Gasteiger partial charge in [0.15, 0.2) is 0 Å². The quantitative estimate of drug-likeness (QED) is 0.151. The molecule has 0 N–H and O–H groups in total. The minimum atomic E-state index is -0.161. The average molecular weight is 839 g/mol. The van der Waals surface area contributed by atoms with Crippen LogP contribution in [0, 0.1) is 0 Å². The van der Waals surface area contributed by atoms with E-state index < -0.39 is 0 Å². The van der Waals surface area contributed by atoms with Gasteiger partial charge in [0.25, 0.3) is 0 Å². The summed E-state index contributed by atoms with van der Waals surface area (Å²) < 4.78 is 37.2. The fraction of sp³-hybridized carbons (Fsp3) is 0.673. The monoisotopic (exact) mass is 839 g/mol. The molecule has 0 aromatic heterocycles. The highest BCUT2D eigenvalue weighted by Crippen LogP contribution is 2.50. The lowest BCUT2D eigenvalue weighted by molar-refractivity contribution is 0.253. The number of hydrogen-bond donors (Lipinski definition) is 0. The smallest absolute Gasteiger partial charge is 0.126 e. The van der Waals surface area contributed by atoms with E-state index in [2.05, 4.69) is 168 Å². The second kappa shape index (κ2) is 16.8. The Morgan fingerprint density at radius 3 is 0.820 bits per heavy atom. The summed E-state index contributed by atoms with van der Waals surface area (Å²) >= 11 is 0. The molecule has 0 saturated carbocycles. The van der Waals surface area contributed by atoms with E-state index in [0.717, 1.165) is 43.5 Å². The lowest BCUT2D eigenvalue weighted by atomic mass is 9.71. The SMILES string of the molecule is CC(CC(c1cc(C(C)(C)C)c(OCC2CO2)c(C(C)(C)C)c1)c1cc(C(C)(C)C)c(OCC2CO2)c(C(C)(C)C)c1)c1cc(C(C)(C)C)c(OCC2CO2)c(C(C)(C)C)c1. The molecule has 3 heterocycles. The Labute approximate surface area is 371 Å². The van der Waals surface area contributed by atoms with Gasteiger partial charge in [-0.05, 0) is 61.5 Å². The second-order valence-corrected chi connectivity index (χ2v) is 24.8. The fourth-order valence-corrected chi connectivity index (χ4v) is 8.43. The van der Waals surface area contributed by atoms with Crippen LogP contribution in [-0.4, -0.2) is 58.0 Å². The summed E-state index contributed by atoms with van der Waals surface area (Å²) in [6.45, 7) is 48.2. The van der Waals surface area contributed by atoms with Gasteiger partial charge >= 0.3 is 0 Å². The van der Waals surface area contributed by atoms with E-state index in [1.54, 1.807) is 0 Å². The molecule has 4 atom stereocenters. The van der Waals surface area contributed by atoms with E-state index in [1.807, 2.05) is 0 Å². The molecule has 0 spiro atoms. The number of epoxide rings is 3. The van der Waals surface area contributed by atoms with Gasteiger partial charge < -0.3 is 28.4 Å². The van der Waals surface area contributed by atoms with E-state index >= 15 is 0 Å². The molecular formula is C55H82O6. The third kappa shape index (κ3) is 11.8. The fourth-order valence-electron chi connectivity index (χ4n) is 8.43. The van der Waals surface area contributed by atoms with Crippen LogP contribution >= 0.6 is 0 Å². The van der Waals surface area contributed by atoms with Crippen LogP contribution in [0.2, 0.25) is 0 Å². The molecular weight excluding hydrogens is 757 g/mol. The van der Waals surface area contributed by atoms with E-state index in [-0.39, 0.29) is 62.6 Å². The Bertz CT molecular complexity index is 1820. The topological polar surface area (TPSA) is 65.3 Å². The molecule has 0 aliphatic carbocycles. The van der Waals surface area contributed by atoms with Gasteiger partial charge in [-0.3, -0.25) is 0 Å². The molecule has 0 bridgehead atoms. The van der Waals surface area contributed by atoms with Crippen LogP contribution in [0.5, 0.6) is 17.2 Å². The third-order valence-electron chi connectivity index (χ3n) is 12.6. The molecule has 3 saturated heterocycles. The summed E-state index contributed by atoms with van der Waals surface area (Å²) in [6, 6.07) is 14.8. The summed E-state index contributed by atoms with van der Waals surface area (Å²) in [6.07, 6.45) is 1.44. The Morgan fingerprint density at radius 2 is 0.623 bits per heavy atom. The van der Waals surface area contributed by atoms with Crippen LogP contribution in [0.3, 0.4) is 0 Å². The summed E-state index contributed by atoms with van der Waals surface area (Å²) in [4.78, 5) is 0. The van der Waals surface area contributed by atoms with Gasteiger partial charge in [-0.25, -0.2) is 0 Å².